The van der Waals surface area contributed by atoms with Crippen molar-refractivity contribution in [3.8, 4) is 11.5 Å². The van der Waals surface area contributed by atoms with Gasteiger partial charge in [-0.05, 0) is 6.07 Å². The minimum absolute atomic E-state index is 0.303. The van der Waals surface area contributed by atoms with E-state index < -0.39 is 30.6 Å². The van der Waals surface area contributed by atoms with Crippen molar-refractivity contribution in [3.05, 3.63) is 23.8 Å². The SMILES string of the molecule is COc1ccc(CN2CCNC(=O)[C@H]2CC(=O)NCC(F)(F)F)c(OC)c1. The largest absolute Gasteiger partial charge is 0.497 e. The van der Waals surface area contributed by atoms with Gasteiger partial charge in [0.05, 0.1) is 26.7 Å². The van der Waals surface area contributed by atoms with Crippen molar-refractivity contribution in [2.24, 2.45) is 0 Å². The molecule has 1 heterocycles. The van der Waals surface area contributed by atoms with Crippen molar-refractivity contribution in [2.45, 2.75) is 25.2 Å². The molecule has 7 nitrogen and oxygen atoms in total. The van der Waals surface area contributed by atoms with E-state index >= 15 is 0 Å². The highest BCUT2D eigenvalue weighted by atomic mass is 19.4. The van der Waals surface area contributed by atoms with E-state index in [9.17, 15) is 22.8 Å². The molecule has 10 heteroatoms. The quantitative estimate of drug-likeness (QED) is 0.730. The Bertz CT molecular complexity index is 682. The molecule has 0 bridgehead atoms. The molecule has 2 amide bonds. The lowest BCUT2D eigenvalue weighted by molar-refractivity contribution is -0.141. The number of halogens is 3. The summed E-state index contributed by atoms with van der Waals surface area (Å²) < 4.78 is 47.2. The van der Waals surface area contributed by atoms with E-state index in [0.29, 0.717) is 31.1 Å². The van der Waals surface area contributed by atoms with E-state index in [1.54, 1.807) is 28.4 Å². The van der Waals surface area contributed by atoms with E-state index in [1.165, 1.54) is 14.2 Å². The third-order valence-corrected chi connectivity index (χ3v) is 4.17. The molecule has 150 valence electrons. The lowest BCUT2D eigenvalue weighted by atomic mass is 10.1. The fraction of sp³-hybridized carbons (Fsp3) is 0.529. The van der Waals surface area contributed by atoms with Crippen molar-refractivity contribution >= 4 is 11.8 Å². The van der Waals surface area contributed by atoms with Gasteiger partial charge in [0.1, 0.15) is 18.0 Å². The van der Waals surface area contributed by atoms with Gasteiger partial charge in [-0.3, -0.25) is 14.5 Å². The standard InChI is InChI=1S/C17H22F3N3O4/c1-26-12-4-3-11(14(7-12)27-2)9-23-6-5-21-16(25)13(23)8-15(24)22-10-17(18,19)20/h3-4,7,13H,5-6,8-10H2,1-2H3,(H,21,25)(H,22,24)/t13-/m1/s1. The number of nitrogens with one attached hydrogen (secondary N) is 2. The first-order valence-electron chi connectivity index (χ1n) is 8.29. The second-order valence-corrected chi connectivity index (χ2v) is 6.05. The van der Waals surface area contributed by atoms with Gasteiger partial charge in [0.25, 0.3) is 0 Å². The molecule has 1 saturated heterocycles. The topological polar surface area (TPSA) is 79.9 Å². The molecule has 2 N–H and O–H groups in total. The molecule has 27 heavy (non-hydrogen) atoms. The van der Waals surface area contributed by atoms with Crippen LogP contribution in [-0.2, 0) is 16.1 Å². The van der Waals surface area contributed by atoms with E-state index in [4.69, 9.17) is 9.47 Å². The van der Waals surface area contributed by atoms with E-state index in [-0.39, 0.29) is 6.42 Å². The zero-order valence-electron chi connectivity index (χ0n) is 15.1. The summed E-state index contributed by atoms with van der Waals surface area (Å²) >= 11 is 0. The normalized spacial score (nSPS) is 18.0. The number of hydrogen-bond acceptors (Lipinski definition) is 5. The molecule has 0 unspecified atom stereocenters. The minimum Gasteiger partial charge on any atom is -0.497 e. The second kappa shape index (κ2) is 8.94. The van der Waals surface area contributed by atoms with Gasteiger partial charge < -0.3 is 20.1 Å². The van der Waals surface area contributed by atoms with Gasteiger partial charge in [-0.15, -0.1) is 0 Å². The van der Waals surface area contributed by atoms with Gasteiger partial charge in [0.15, 0.2) is 0 Å². The summed E-state index contributed by atoms with van der Waals surface area (Å²) in [5.74, 6) is -0.0624. The van der Waals surface area contributed by atoms with E-state index in [0.717, 1.165) is 5.56 Å². The maximum Gasteiger partial charge on any atom is 0.405 e. The van der Waals surface area contributed by atoms with Crippen LogP contribution in [0.5, 0.6) is 11.5 Å². The predicted octanol–water partition coefficient (Wildman–Crippen LogP) is 1.07. The van der Waals surface area contributed by atoms with Crippen molar-refractivity contribution in [1.82, 2.24) is 15.5 Å². The molecule has 2 rings (SSSR count). The first kappa shape index (κ1) is 20.8. The molecule has 1 aromatic rings. The summed E-state index contributed by atoms with van der Waals surface area (Å²) in [6.45, 7) is -0.277. The number of nitrogens with zero attached hydrogens (tertiary/aromatic N) is 1. The van der Waals surface area contributed by atoms with E-state index in [1.807, 2.05) is 0 Å². The van der Waals surface area contributed by atoms with Crippen LogP contribution in [0, 0.1) is 0 Å². The Kier molecular flexibility index (Phi) is 6.89. The number of hydrogen-bond donors (Lipinski definition) is 2. The summed E-state index contributed by atoms with van der Waals surface area (Å²) in [4.78, 5) is 25.8. The first-order valence-corrected chi connectivity index (χ1v) is 8.29. The average Bonchev–Trinajstić information content (AvgIpc) is 2.62. The van der Waals surface area contributed by atoms with Crippen LogP contribution in [0.3, 0.4) is 0 Å². The molecule has 1 aliphatic rings. The molecule has 0 spiro atoms. The zero-order valence-corrected chi connectivity index (χ0v) is 15.1. The van der Waals surface area contributed by atoms with Crippen LogP contribution in [0.2, 0.25) is 0 Å². The lowest BCUT2D eigenvalue weighted by Crippen LogP contribution is -2.56. The van der Waals surface area contributed by atoms with Crippen molar-refractivity contribution in [1.29, 1.82) is 0 Å². The number of carbonyl (C=O) groups is 2. The van der Waals surface area contributed by atoms with Crippen LogP contribution in [0.4, 0.5) is 13.2 Å². The molecule has 1 aliphatic heterocycles. The molecule has 0 aliphatic carbocycles. The number of alkyl halides is 3. The summed E-state index contributed by atoms with van der Waals surface area (Å²) in [7, 11) is 3.03. The molecule has 1 atom stereocenters. The second-order valence-electron chi connectivity index (χ2n) is 6.05. The van der Waals surface area contributed by atoms with Gasteiger partial charge in [0.2, 0.25) is 11.8 Å². The highest BCUT2D eigenvalue weighted by Crippen LogP contribution is 2.27. The molecular weight excluding hydrogens is 367 g/mol. The third kappa shape index (κ3) is 6.02. The van der Waals surface area contributed by atoms with Gasteiger partial charge in [-0.25, -0.2) is 0 Å². The van der Waals surface area contributed by atoms with Crippen molar-refractivity contribution in [2.75, 3.05) is 33.9 Å². The third-order valence-electron chi connectivity index (χ3n) is 4.17. The monoisotopic (exact) mass is 389 g/mol. The fourth-order valence-corrected chi connectivity index (χ4v) is 2.82. The van der Waals surface area contributed by atoms with Gasteiger partial charge >= 0.3 is 6.18 Å². The van der Waals surface area contributed by atoms with Crippen LogP contribution < -0.4 is 20.1 Å². The van der Waals surface area contributed by atoms with Crippen LogP contribution in [0.25, 0.3) is 0 Å². The highest BCUT2D eigenvalue weighted by Gasteiger charge is 2.33. The van der Waals surface area contributed by atoms with Gasteiger partial charge in [-0.2, -0.15) is 13.2 Å². The Morgan fingerprint density at radius 3 is 2.70 bits per heavy atom. The first-order chi connectivity index (χ1) is 12.7. The summed E-state index contributed by atoms with van der Waals surface area (Å²) in [6, 6.07) is 4.36. The number of carbonyl (C=O) groups excluding carboxylic acids is 2. The van der Waals surface area contributed by atoms with Crippen LogP contribution in [-0.4, -0.2) is 62.8 Å². The zero-order chi connectivity index (χ0) is 20.0. The summed E-state index contributed by atoms with van der Waals surface area (Å²) in [6.07, 6.45) is -4.86. The van der Waals surface area contributed by atoms with Gasteiger partial charge in [-0.1, -0.05) is 6.07 Å². The maximum atomic E-state index is 12.3. The molecule has 1 fully saturated rings. The Balaban J connectivity index is 2.09. The highest BCUT2D eigenvalue weighted by molar-refractivity contribution is 5.88. The number of methoxy groups -OCH3 is 2. The molecule has 0 radical (unpaired) electrons. The summed E-state index contributed by atoms with van der Waals surface area (Å²) in [5.41, 5.74) is 0.772. The minimum atomic E-state index is -4.50. The Morgan fingerprint density at radius 2 is 2.07 bits per heavy atom. The van der Waals surface area contributed by atoms with Crippen LogP contribution in [0.15, 0.2) is 18.2 Å². The molecule has 0 saturated carbocycles. The number of rotatable bonds is 7. The number of ether oxygens (including phenoxy) is 2. The van der Waals surface area contributed by atoms with Crippen LogP contribution >= 0.6 is 0 Å². The van der Waals surface area contributed by atoms with Crippen molar-refractivity contribution < 1.29 is 32.2 Å². The van der Waals surface area contributed by atoms with Crippen LogP contribution in [0.1, 0.15) is 12.0 Å². The Morgan fingerprint density at radius 1 is 1.33 bits per heavy atom. The summed E-state index contributed by atoms with van der Waals surface area (Å²) in [5, 5.41) is 4.44. The molecule has 0 aromatic heterocycles. The van der Waals surface area contributed by atoms with Crippen molar-refractivity contribution in [3.63, 3.8) is 0 Å². The van der Waals surface area contributed by atoms with E-state index in [2.05, 4.69) is 5.32 Å². The number of amides is 2. The maximum absolute atomic E-state index is 12.3. The fourth-order valence-electron chi connectivity index (χ4n) is 2.82. The molecule has 1 aromatic carbocycles. The Hall–Kier alpha value is -2.49. The number of benzene rings is 1. The number of piperazine rings is 1. The Labute approximate surface area is 154 Å². The lowest BCUT2D eigenvalue weighted by Gasteiger charge is -2.35. The smallest absolute Gasteiger partial charge is 0.405 e. The molecular formula is C17H22F3N3O4. The van der Waals surface area contributed by atoms with Gasteiger partial charge in [0, 0.05) is 31.3 Å². The average molecular weight is 389 g/mol. The predicted molar refractivity (Wildman–Crippen MR) is 90.4 cm³/mol.